The number of benzene rings is 1. The second-order valence-corrected chi connectivity index (χ2v) is 7.14. The van der Waals surface area contributed by atoms with Crippen molar-refractivity contribution in [2.75, 3.05) is 12.4 Å². The van der Waals surface area contributed by atoms with E-state index in [9.17, 15) is 9.59 Å². The maximum atomic E-state index is 12.8. The summed E-state index contributed by atoms with van der Waals surface area (Å²) >= 11 is 6.07. The van der Waals surface area contributed by atoms with E-state index >= 15 is 0 Å². The largest absolute Gasteiger partial charge is 0.495 e. The van der Waals surface area contributed by atoms with Gasteiger partial charge in [-0.15, -0.1) is 0 Å². The highest BCUT2D eigenvalue weighted by atomic mass is 35.5. The van der Waals surface area contributed by atoms with Gasteiger partial charge in [-0.3, -0.25) is 14.2 Å². The van der Waals surface area contributed by atoms with Gasteiger partial charge < -0.3 is 14.6 Å². The summed E-state index contributed by atoms with van der Waals surface area (Å²) < 4.78 is 8.39. The van der Waals surface area contributed by atoms with Crippen LogP contribution in [0.3, 0.4) is 0 Å². The number of amides is 1. The molecule has 1 aliphatic heterocycles. The van der Waals surface area contributed by atoms with Crippen LogP contribution >= 0.6 is 11.6 Å². The molecule has 0 saturated heterocycles. The Morgan fingerprint density at radius 3 is 2.96 bits per heavy atom. The van der Waals surface area contributed by atoms with Gasteiger partial charge >= 0.3 is 0 Å². The van der Waals surface area contributed by atoms with E-state index in [0.717, 1.165) is 38.1 Å². The Balaban J connectivity index is 1.56. The maximum Gasteiger partial charge on any atom is 0.282 e. The number of nitrogens with zero attached hydrogens (tertiary/aromatic N) is 4. The Morgan fingerprint density at radius 1 is 1.32 bits per heavy atom. The number of ether oxygens (including phenoxy) is 1. The molecular weight excluding hydrogens is 382 g/mol. The van der Waals surface area contributed by atoms with Crippen molar-refractivity contribution < 1.29 is 9.53 Å². The van der Waals surface area contributed by atoms with Crippen LogP contribution in [0, 0.1) is 0 Å². The van der Waals surface area contributed by atoms with Crippen LogP contribution in [-0.2, 0) is 24.3 Å². The number of imidazole rings is 1. The second kappa shape index (κ2) is 7.63. The number of nitrogens with one attached hydrogen (secondary N) is 1. The van der Waals surface area contributed by atoms with Crippen molar-refractivity contribution >= 4 is 34.4 Å². The minimum atomic E-state index is -0.356. The van der Waals surface area contributed by atoms with Crippen LogP contribution in [-0.4, -0.2) is 32.1 Å². The first-order valence-corrected chi connectivity index (χ1v) is 9.52. The third kappa shape index (κ3) is 3.47. The van der Waals surface area contributed by atoms with E-state index in [1.54, 1.807) is 18.2 Å². The standard InChI is InChI=1S/C19H20ClN5O3/c1-28-14-7-6-12(9-13(14)20)22-16(26)10-24-11-21-18-17(19(24)27)23-15-5-3-2-4-8-25(15)18/h6-7,9,11H,2-5,8,10H2,1H3,(H,22,26). The van der Waals surface area contributed by atoms with Crippen LogP contribution in [0.25, 0.3) is 11.2 Å². The quantitative estimate of drug-likeness (QED) is 0.725. The summed E-state index contributed by atoms with van der Waals surface area (Å²) in [6.07, 6.45) is 5.51. The van der Waals surface area contributed by atoms with Crippen molar-refractivity contribution in [1.29, 1.82) is 0 Å². The molecule has 0 aliphatic carbocycles. The molecule has 8 nitrogen and oxygen atoms in total. The zero-order valence-electron chi connectivity index (χ0n) is 15.4. The number of halogens is 1. The van der Waals surface area contributed by atoms with Crippen molar-refractivity contribution in [3.63, 3.8) is 0 Å². The lowest BCUT2D eigenvalue weighted by Gasteiger charge is -2.09. The molecule has 146 valence electrons. The molecule has 9 heteroatoms. The predicted molar refractivity (Wildman–Crippen MR) is 106 cm³/mol. The number of aryl methyl sites for hydroxylation is 2. The van der Waals surface area contributed by atoms with E-state index in [2.05, 4.69) is 15.3 Å². The monoisotopic (exact) mass is 401 g/mol. The highest BCUT2D eigenvalue weighted by Crippen LogP contribution is 2.27. The van der Waals surface area contributed by atoms with Gasteiger partial charge in [0.05, 0.1) is 12.1 Å². The third-order valence-corrected chi connectivity index (χ3v) is 5.13. The Labute approximate surface area is 166 Å². The second-order valence-electron chi connectivity index (χ2n) is 6.74. The fourth-order valence-electron chi connectivity index (χ4n) is 3.44. The SMILES string of the molecule is COc1ccc(NC(=O)Cn2cnc3c(nc4n3CCCCC4)c2=O)cc1Cl. The van der Waals surface area contributed by atoms with Gasteiger partial charge in [-0.2, -0.15) is 0 Å². The smallest absolute Gasteiger partial charge is 0.282 e. The van der Waals surface area contributed by atoms with E-state index in [4.69, 9.17) is 16.3 Å². The number of fused-ring (bicyclic) bond motifs is 3. The third-order valence-electron chi connectivity index (χ3n) is 4.83. The van der Waals surface area contributed by atoms with Gasteiger partial charge in [-0.05, 0) is 31.0 Å². The fraction of sp³-hybridized carbons (Fsp3) is 0.368. The molecule has 1 aromatic carbocycles. The fourth-order valence-corrected chi connectivity index (χ4v) is 3.70. The molecule has 28 heavy (non-hydrogen) atoms. The van der Waals surface area contributed by atoms with Crippen LogP contribution < -0.4 is 15.6 Å². The number of hydrogen-bond acceptors (Lipinski definition) is 5. The summed E-state index contributed by atoms with van der Waals surface area (Å²) in [7, 11) is 1.52. The van der Waals surface area contributed by atoms with Gasteiger partial charge in [0.25, 0.3) is 5.56 Å². The number of aromatic nitrogens is 4. The maximum absolute atomic E-state index is 12.8. The molecule has 2 aromatic heterocycles. The predicted octanol–water partition coefficient (Wildman–Crippen LogP) is 2.62. The molecule has 3 aromatic rings. The molecule has 0 bridgehead atoms. The highest BCUT2D eigenvalue weighted by Gasteiger charge is 2.18. The normalized spacial score (nSPS) is 13.8. The lowest BCUT2D eigenvalue weighted by Crippen LogP contribution is -2.28. The molecule has 0 saturated carbocycles. The van der Waals surface area contributed by atoms with Crippen molar-refractivity contribution in [3.05, 3.63) is 45.7 Å². The molecule has 3 heterocycles. The Hall–Kier alpha value is -2.87. The Kier molecular flexibility index (Phi) is 5.04. The zero-order chi connectivity index (χ0) is 19.7. The van der Waals surface area contributed by atoms with E-state index in [1.165, 1.54) is 18.0 Å². The topological polar surface area (TPSA) is 91.0 Å². The van der Waals surface area contributed by atoms with Crippen molar-refractivity contribution in [2.24, 2.45) is 0 Å². The number of hydrogen-bond donors (Lipinski definition) is 1. The number of carbonyl (C=O) groups excluding carboxylic acids is 1. The molecule has 0 atom stereocenters. The molecule has 1 N–H and O–H groups in total. The summed E-state index contributed by atoms with van der Waals surface area (Å²) in [5.41, 5.74) is 1.13. The van der Waals surface area contributed by atoms with Gasteiger partial charge in [0.15, 0.2) is 11.2 Å². The van der Waals surface area contributed by atoms with Crippen molar-refractivity contribution in [3.8, 4) is 5.75 Å². The van der Waals surface area contributed by atoms with Gasteiger partial charge in [-0.1, -0.05) is 18.0 Å². The van der Waals surface area contributed by atoms with Gasteiger partial charge in [-0.25, -0.2) is 9.97 Å². The Morgan fingerprint density at radius 2 is 2.18 bits per heavy atom. The summed E-state index contributed by atoms with van der Waals surface area (Å²) in [6.45, 7) is 0.661. The average Bonchev–Trinajstić information content (AvgIpc) is 2.86. The average molecular weight is 402 g/mol. The number of methoxy groups -OCH3 is 1. The van der Waals surface area contributed by atoms with Gasteiger partial charge in [0.1, 0.15) is 24.4 Å². The summed E-state index contributed by atoms with van der Waals surface area (Å²) in [4.78, 5) is 34.1. The molecular formula is C19H20ClN5O3. The first-order chi connectivity index (χ1) is 13.6. The van der Waals surface area contributed by atoms with Crippen LogP contribution in [0.4, 0.5) is 5.69 Å². The van der Waals surface area contributed by atoms with Crippen molar-refractivity contribution in [1.82, 2.24) is 19.1 Å². The lowest BCUT2D eigenvalue weighted by molar-refractivity contribution is -0.116. The highest BCUT2D eigenvalue weighted by molar-refractivity contribution is 6.32. The molecule has 0 radical (unpaired) electrons. The number of anilines is 1. The minimum absolute atomic E-state index is 0.159. The lowest BCUT2D eigenvalue weighted by atomic mass is 10.2. The molecule has 0 unspecified atom stereocenters. The van der Waals surface area contributed by atoms with Crippen LogP contribution in [0.2, 0.25) is 5.02 Å². The van der Waals surface area contributed by atoms with E-state index in [0.29, 0.717) is 27.6 Å². The molecule has 1 aliphatic rings. The summed E-state index contributed by atoms with van der Waals surface area (Å²) in [6, 6.07) is 4.93. The molecule has 0 fully saturated rings. The summed E-state index contributed by atoms with van der Waals surface area (Å²) in [5.74, 6) is 1.06. The van der Waals surface area contributed by atoms with Crippen LogP contribution in [0.15, 0.2) is 29.3 Å². The molecule has 1 amide bonds. The first kappa shape index (κ1) is 18.5. The van der Waals surface area contributed by atoms with E-state index < -0.39 is 0 Å². The minimum Gasteiger partial charge on any atom is -0.495 e. The molecule has 0 spiro atoms. The molecule has 4 rings (SSSR count). The van der Waals surface area contributed by atoms with Crippen LogP contribution in [0.1, 0.15) is 25.1 Å². The number of carbonyl (C=O) groups is 1. The van der Waals surface area contributed by atoms with E-state index in [1.807, 2.05) is 4.57 Å². The van der Waals surface area contributed by atoms with E-state index in [-0.39, 0.29) is 18.0 Å². The first-order valence-electron chi connectivity index (χ1n) is 9.15. The van der Waals surface area contributed by atoms with Gasteiger partial charge in [0, 0.05) is 18.7 Å². The Bertz CT molecular complexity index is 1100. The van der Waals surface area contributed by atoms with Gasteiger partial charge in [0.2, 0.25) is 5.91 Å². The number of rotatable bonds is 4. The summed E-state index contributed by atoms with van der Waals surface area (Å²) in [5, 5.41) is 3.11. The zero-order valence-corrected chi connectivity index (χ0v) is 16.2. The van der Waals surface area contributed by atoms with Crippen LogP contribution in [0.5, 0.6) is 5.75 Å². The van der Waals surface area contributed by atoms with Crippen molar-refractivity contribution in [2.45, 2.75) is 38.8 Å².